The summed E-state index contributed by atoms with van der Waals surface area (Å²) in [4.78, 5) is 10.9. The van der Waals surface area contributed by atoms with Crippen LogP contribution in [0.15, 0.2) is 24.3 Å². The molecule has 1 fully saturated rings. The number of carbonyl (C=O) groups excluding carboxylic acids is 1. The van der Waals surface area contributed by atoms with Gasteiger partial charge in [0.05, 0.1) is 0 Å². The van der Waals surface area contributed by atoms with Crippen molar-refractivity contribution in [1.29, 1.82) is 0 Å². The van der Waals surface area contributed by atoms with E-state index in [9.17, 15) is 4.79 Å². The molecule has 1 aromatic rings. The first kappa shape index (κ1) is 13.3. The minimum Gasteiger partial charge on any atom is -0.300 e. The molecule has 2 rings (SSSR count). The van der Waals surface area contributed by atoms with E-state index in [1.807, 2.05) is 0 Å². The summed E-state index contributed by atoms with van der Waals surface area (Å²) in [5.41, 5.74) is 2.76. The zero-order valence-electron chi connectivity index (χ0n) is 11.5. The minimum atomic E-state index is 0.279. The molecule has 0 heterocycles. The predicted octanol–water partition coefficient (Wildman–Crippen LogP) is 4.33. The van der Waals surface area contributed by atoms with E-state index >= 15 is 0 Å². The summed E-state index contributed by atoms with van der Waals surface area (Å²) >= 11 is 0. The van der Waals surface area contributed by atoms with E-state index in [4.69, 9.17) is 0 Å². The normalized spacial score (nSPS) is 16.7. The van der Waals surface area contributed by atoms with Gasteiger partial charge in [0.1, 0.15) is 5.78 Å². The Balaban J connectivity index is 1.84. The van der Waals surface area contributed by atoms with Crippen molar-refractivity contribution < 1.29 is 4.79 Å². The average Bonchev–Trinajstić information content (AvgIpc) is 2.39. The Morgan fingerprint density at radius 2 is 1.67 bits per heavy atom. The molecular formula is C17H24O. The lowest BCUT2D eigenvalue weighted by molar-refractivity contribution is -0.116. The van der Waals surface area contributed by atoms with Crippen molar-refractivity contribution in [3.05, 3.63) is 35.4 Å². The van der Waals surface area contributed by atoms with Crippen LogP contribution < -0.4 is 0 Å². The molecule has 0 bridgehead atoms. The summed E-state index contributed by atoms with van der Waals surface area (Å²) in [5, 5.41) is 0. The second-order valence-corrected chi connectivity index (χ2v) is 5.73. The highest BCUT2D eigenvalue weighted by Gasteiger charge is 2.13. The molecular weight excluding hydrogens is 220 g/mol. The van der Waals surface area contributed by atoms with Crippen LogP contribution in [-0.4, -0.2) is 5.78 Å². The molecule has 0 saturated heterocycles. The molecule has 0 amide bonds. The largest absolute Gasteiger partial charge is 0.300 e. The van der Waals surface area contributed by atoms with Gasteiger partial charge in [0.25, 0.3) is 0 Å². The number of benzene rings is 1. The first-order valence-electron chi connectivity index (χ1n) is 7.31. The van der Waals surface area contributed by atoms with Gasteiger partial charge in [-0.2, -0.15) is 0 Å². The van der Waals surface area contributed by atoms with Crippen molar-refractivity contribution in [1.82, 2.24) is 0 Å². The molecule has 1 aliphatic carbocycles. The van der Waals surface area contributed by atoms with Gasteiger partial charge in [0, 0.05) is 6.42 Å². The Bertz CT molecular complexity index is 371. The van der Waals surface area contributed by atoms with Crippen LogP contribution in [0.4, 0.5) is 0 Å². The molecule has 98 valence electrons. The summed E-state index contributed by atoms with van der Waals surface area (Å²) < 4.78 is 0. The second-order valence-electron chi connectivity index (χ2n) is 5.73. The molecule has 0 radical (unpaired) electrons. The quantitative estimate of drug-likeness (QED) is 0.753. The van der Waals surface area contributed by atoms with Gasteiger partial charge in [-0.1, -0.05) is 56.4 Å². The third kappa shape index (κ3) is 4.29. The molecule has 0 unspecified atom stereocenters. The zero-order valence-corrected chi connectivity index (χ0v) is 11.5. The SMILES string of the molecule is CC(=O)CCc1ccc(CC2CCCCC2)cc1. The van der Waals surface area contributed by atoms with Gasteiger partial charge in [-0.15, -0.1) is 0 Å². The Labute approximate surface area is 111 Å². The lowest BCUT2D eigenvalue weighted by atomic mass is 9.85. The highest BCUT2D eigenvalue weighted by Crippen LogP contribution is 2.26. The van der Waals surface area contributed by atoms with E-state index in [0.717, 1.165) is 12.3 Å². The van der Waals surface area contributed by atoms with Gasteiger partial charge in [0.2, 0.25) is 0 Å². The molecule has 0 aromatic heterocycles. The van der Waals surface area contributed by atoms with Crippen molar-refractivity contribution in [2.45, 2.75) is 58.3 Å². The summed E-state index contributed by atoms with van der Waals surface area (Å²) in [6.45, 7) is 1.66. The summed E-state index contributed by atoms with van der Waals surface area (Å²) in [6.07, 6.45) is 9.88. The topological polar surface area (TPSA) is 17.1 Å². The van der Waals surface area contributed by atoms with E-state index in [0.29, 0.717) is 6.42 Å². The number of hydrogen-bond acceptors (Lipinski definition) is 1. The van der Waals surface area contributed by atoms with E-state index in [2.05, 4.69) is 24.3 Å². The fourth-order valence-electron chi connectivity index (χ4n) is 2.89. The third-order valence-electron chi connectivity index (χ3n) is 4.04. The minimum absolute atomic E-state index is 0.279. The van der Waals surface area contributed by atoms with Gasteiger partial charge in [0.15, 0.2) is 0 Å². The Hall–Kier alpha value is -1.11. The van der Waals surface area contributed by atoms with Crippen LogP contribution in [-0.2, 0) is 17.6 Å². The molecule has 1 nitrogen and oxygen atoms in total. The Morgan fingerprint density at radius 3 is 2.28 bits per heavy atom. The maximum atomic E-state index is 10.9. The summed E-state index contributed by atoms with van der Waals surface area (Å²) in [6, 6.07) is 8.90. The molecule has 0 atom stereocenters. The fourth-order valence-corrected chi connectivity index (χ4v) is 2.89. The Kier molecular flexibility index (Phi) is 4.98. The Morgan fingerprint density at radius 1 is 1.06 bits per heavy atom. The van der Waals surface area contributed by atoms with Crippen LogP contribution in [0.2, 0.25) is 0 Å². The number of Topliss-reactive ketones (excluding diaryl/α,β-unsaturated/α-hetero) is 1. The van der Waals surface area contributed by atoms with Gasteiger partial charge in [-0.3, -0.25) is 0 Å². The lowest BCUT2D eigenvalue weighted by Crippen LogP contribution is -2.09. The molecule has 18 heavy (non-hydrogen) atoms. The first-order valence-corrected chi connectivity index (χ1v) is 7.31. The monoisotopic (exact) mass is 244 g/mol. The highest BCUT2D eigenvalue weighted by molar-refractivity contribution is 5.75. The molecule has 1 aromatic carbocycles. The van der Waals surface area contributed by atoms with Crippen LogP contribution >= 0.6 is 0 Å². The zero-order chi connectivity index (χ0) is 12.8. The fraction of sp³-hybridized carbons (Fsp3) is 0.588. The maximum Gasteiger partial charge on any atom is 0.130 e. The van der Waals surface area contributed by atoms with Crippen LogP contribution in [0.3, 0.4) is 0 Å². The van der Waals surface area contributed by atoms with Crippen LogP contribution in [0.25, 0.3) is 0 Å². The van der Waals surface area contributed by atoms with E-state index in [-0.39, 0.29) is 5.78 Å². The summed E-state index contributed by atoms with van der Waals surface area (Å²) in [7, 11) is 0. The van der Waals surface area contributed by atoms with E-state index in [1.165, 1.54) is 49.7 Å². The number of aryl methyl sites for hydroxylation is 1. The first-order chi connectivity index (χ1) is 8.74. The van der Waals surface area contributed by atoms with Crippen molar-refractivity contribution in [3.63, 3.8) is 0 Å². The molecule has 1 saturated carbocycles. The molecule has 1 aliphatic rings. The highest BCUT2D eigenvalue weighted by atomic mass is 16.1. The van der Waals surface area contributed by atoms with Crippen molar-refractivity contribution in [2.75, 3.05) is 0 Å². The molecule has 1 heteroatoms. The van der Waals surface area contributed by atoms with Crippen molar-refractivity contribution >= 4 is 5.78 Å². The van der Waals surface area contributed by atoms with Crippen LogP contribution in [0.5, 0.6) is 0 Å². The number of rotatable bonds is 5. The number of ketones is 1. The maximum absolute atomic E-state index is 10.9. The lowest BCUT2D eigenvalue weighted by Gasteiger charge is -2.21. The second kappa shape index (κ2) is 6.72. The summed E-state index contributed by atoms with van der Waals surface area (Å²) in [5.74, 6) is 1.18. The van der Waals surface area contributed by atoms with Gasteiger partial charge in [-0.05, 0) is 36.8 Å². The van der Waals surface area contributed by atoms with Gasteiger partial charge >= 0.3 is 0 Å². The van der Waals surface area contributed by atoms with Crippen LogP contribution in [0, 0.1) is 5.92 Å². The molecule has 0 aliphatic heterocycles. The van der Waals surface area contributed by atoms with E-state index in [1.54, 1.807) is 6.92 Å². The third-order valence-corrected chi connectivity index (χ3v) is 4.04. The van der Waals surface area contributed by atoms with Crippen molar-refractivity contribution in [2.24, 2.45) is 5.92 Å². The number of carbonyl (C=O) groups is 1. The molecule has 0 N–H and O–H groups in total. The van der Waals surface area contributed by atoms with Gasteiger partial charge < -0.3 is 4.79 Å². The smallest absolute Gasteiger partial charge is 0.130 e. The van der Waals surface area contributed by atoms with Gasteiger partial charge in [-0.25, -0.2) is 0 Å². The van der Waals surface area contributed by atoms with Crippen LogP contribution in [0.1, 0.15) is 56.6 Å². The standard InChI is InChI=1S/C17H24O/c1-14(18)7-8-15-9-11-17(12-10-15)13-16-5-3-2-4-6-16/h9-12,16H,2-8,13H2,1H3. The average molecular weight is 244 g/mol. The molecule has 0 spiro atoms. The number of hydrogen-bond donors (Lipinski definition) is 0. The predicted molar refractivity (Wildman–Crippen MR) is 75.7 cm³/mol. The van der Waals surface area contributed by atoms with Crippen molar-refractivity contribution in [3.8, 4) is 0 Å². The van der Waals surface area contributed by atoms with E-state index < -0.39 is 0 Å².